The number of rotatable bonds is 1. The lowest BCUT2D eigenvalue weighted by Gasteiger charge is -2.02. The molecule has 0 radical (unpaired) electrons. The molecule has 0 bridgehead atoms. The lowest BCUT2D eigenvalue weighted by atomic mass is 10.1. The minimum Gasteiger partial charge on any atom is -0.277 e. The van der Waals surface area contributed by atoms with E-state index in [1.807, 2.05) is 0 Å². The van der Waals surface area contributed by atoms with E-state index in [-0.39, 0.29) is 16.0 Å². The third-order valence-electron chi connectivity index (χ3n) is 2.34. The van der Waals surface area contributed by atoms with Gasteiger partial charge in [-0.1, -0.05) is 0 Å². The van der Waals surface area contributed by atoms with Crippen molar-refractivity contribution in [3.8, 4) is 0 Å². The quantitative estimate of drug-likeness (QED) is 0.553. The number of fused-ring (bicyclic) bond motifs is 1. The van der Waals surface area contributed by atoms with Crippen molar-refractivity contribution in [3.05, 3.63) is 29.3 Å². The van der Waals surface area contributed by atoms with Crippen LogP contribution in [0.1, 0.15) is 20.7 Å². The molecule has 1 aliphatic heterocycles. The molecule has 0 atom stereocenters. The van der Waals surface area contributed by atoms with Gasteiger partial charge in [-0.25, -0.2) is 8.42 Å². The van der Waals surface area contributed by atoms with Crippen molar-refractivity contribution >= 4 is 31.5 Å². The van der Waals surface area contributed by atoms with Gasteiger partial charge in [0, 0.05) is 17.7 Å². The van der Waals surface area contributed by atoms with Gasteiger partial charge in [-0.05, 0) is 18.2 Å². The number of hydrogen-bond donors (Lipinski definition) is 0. The van der Waals surface area contributed by atoms with Gasteiger partial charge in [0.2, 0.25) is 0 Å². The molecule has 84 valence electrons. The lowest BCUT2D eigenvalue weighted by Crippen LogP contribution is -2.24. The molecule has 7 heteroatoms. The van der Waals surface area contributed by atoms with Crippen molar-refractivity contribution in [3.63, 3.8) is 0 Å². The van der Waals surface area contributed by atoms with Crippen molar-refractivity contribution in [2.75, 3.05) is 7.05 Å². The monoisotopic (exact) mass is 259 g/mol. The summed E-state index contributed by atoms with van der Waals surface area (Å²) in [6.07, 6.45) is 0. The smallest absolute Gasteiger partial charge is 0.261 e. The number of carbonyl (C=O) groups is 2. The van der Waals surface area contributed by atoms with Crippen LogP contribution in [0.15, 0.2) is 23.1 Å². The van der Waals surface area contributed by atoms with Crippen LogP contribution in [0.25, 0.3) is 0 Å². The Hall–Kier alpha value is -1.40. The van der Waals surface area contributed by atoms with E-state index >= 15 is 0 Å². The van der Waals surface area contributed by atoms with E-state index in [2.05, 4.69) is 0 Å². The van der Waals surface area contributed by atoms with Gasteiger partial charge in [-0.15, -0.1) is 0 Å². The maximum atomic E-state index is 11.6. The molecule has 0 spiro atoms. The first-order valence-electron chi connectivity index (χ1n) is 4.23. The predicted octanol–water partition coefficient (Wildman–Crippen LogP) is 0.840. The van der Waals surface area contributed by atoms with Crippen molar-refractivity contribution in [1.29, 1.82) is 0 Å². The summed E-state index contributed by atoms with van der Waals surface area (Å²) in [6, 6.07) is 3.60. The lowest BCUT2D eigenvalue weighted by molar-refractivity contribution is 0.0693. The Labute approximate surface area is 96.0 Å². The molecule has 1 aliphatic rings. The van der Waals surface area contributed by atoms with Crippen LogP contribution in [-0.2, 0) is 9.05 Å². The molecule has 0 fully saturated rings. The number of halogens is 1. The minimum atomic E-state index is -3.89. The Morgan fingerprint density at radius 3 is 2.25 bits per heavy atom. The molecule has 1 heterocycles. The molecule has 0 N–H and O–H groups in total. The highest BCUT2D eigenvalue weighted by atomic mass is 35.7. The van der Waals surface area contributed by atoms with E-state index in [4.69, 9.17) is 10.7 Å². The second kappa shape index (κ2) is 3.29. The molecule has 5 nitrogen and oxygen atoms in total. The molecule has 2 rings (SSSR count). The number of carbonyl (C=O) groups excluding carboxylic acids is 2. The number of hydrogen-bond acceptors (Lipinski definition) is 4. The van der Waals surface area contributed by atoms with Crippen molar-refractivity contribution in [2.24, 2.45) is 0 Å². The number of imide groups is 1. The van der Waals surface area contributed by atoms with Gasteiger partial charge in [-0.2, -0.15) is 0 Å². The van der Waals surface area contributed by atoms with E-state index < -0.39 is 20.9 Å². The molecular formula is C9H6ClNO4S. The zero-order valence-electron chi connectivity index (χ0n) is 8.10. The second-order valence-electron chi connectivity index (χ2n) is 3.31. The van der Waals surface area contributed by atoms with E-state index in [1.54, 1.807) is 0 Å². The van der Waals surface area contributed by atoms with Gasteiger partial charge < -0.3 is 0 Å². The first-order valence-corrected chi connectivity index (χ1v) is 6.54. The first-order chi connectivity index (χ1) is 7.32. The summed E-state index contributed by atoms with van der Waals surface area (Å²) >= 11 is 0. The van der Waals surface area contributed by atoms with Gasteiger partial charge in [0.1, 0.15) is 0 Å². The van der Waals surface area contributed by atoms with Crippen LogP contribution in [0.2, 0.25) is 0 Å². The van der Waals surface area contributed by atoms with Crippen LogP contribution in [0.5, 0.6) is 0 Å². The SMILES string of the molecule is CN1C(=O)c2ccc(S(=O)(=O)Cl)cc2C1=O. The average molecular weight is 260 g/mol. The molecule has 1 aromatic rings. The zero-order chi connectivity index (χ0) is 12.1. The molecule has 0 saturated heterocycles. The predicted molar refractivity (Wildman–Crippen MR) is 55.9 cm³/mol. The molecule has 0 saturated carbocycles. The second-order valence-corrected chi connectivity index (χ2v) is 5.88. The van der Waals surface area contributed by atoms with Crippen molar-refractivity contribution in [2.45, 2.75) is 4.90 Å². The van der Waals surface area contributed by atoms with E-state index in [9.17, 15) is 18.0 Å². The van der Waals surface area contributed by atoms with E-state index in [0.29, 0.717) is 0 Å². The minimum absolute atomic E-state index is 0.0641. The highest BCUT2D eigenvalue weighted by Gasteiger charge is 2.33. The Balaban J connectivity index is 2.67. The molecule has 16 heavy (non-hydrogen) atoms. The van der Waals surface area contributed by atoms with Crippen LogP contribution < -0.4 is 0 Å². The molecule has 0 aromatic heterocycles. The fourth-order valence-electron chi connectivity index (χ4n) is 1.49. The maximum absolute atomic E-state index is 11.6. The molecule has 0 unspecified atom stereocenters. The molecule has 0 aliphatic carbocycles. The van der Waals surface area contributed by atoms with E-state index in [1.165, 1.54) is 19.2 Å². The normalized spacial score (nSPS) is 15.5. The van der Waals surface area contributed by atoms with Gasteiger partial charge >= 0.3 is 0 Å². The summed E-state index contributed by atoms with van der Waals surface area (Å²) in [7, 11) is 2.58. The summed E-state index contributed by atoms with van der Waals surface area (Å²) in [6.45, 7) is 0. The fourth-order valence-corrected chi connectivity index (χ4v) is 2.27. The standard InChI is InChI=1S/C9H6ClNO4S/c1-11-8(12)6-3-2-5(16(10,14)15)4-7(6)9(11)13/h2-4H,1H3. The zero-order valence-corrected chi connectivity index (χ0v) is 9.67. The van der Waals surface area contributed by atoms with Crippen LogP contribution >= 0.6 is 10.7 Å². The van der Waals surface area contributed by atoms with Crippen molar-refractivity contribution in [1.82, 2.24) is 4.90 Å². The number of amides is 2. The maximum Gasteiger partial charge on any atom is 0.261 e. The number of nitrogens with zero attached hydrogens (tertiary/aromatic N) is 1. The highest BCUT2D eigenvalue weighted by molar-refractivity contribution is 8.13. The third-order valence-corrected chi connectivity index (χ3v) is 3.69. The summed E-state index contributed by atoms with van der Waals surface area (Å²) in [5.41, 5.74) is 0.255. The van der Waals surface area contributed by atoms with Crippen LogP contribution in [0.3, 0.4) is 0 Å². The summed E-state index contributed by atoms with van der Waals surface area (Å²) in [5.74, 6) is -0.972. The third kappa shape index (κ3) is 1.50. The van der Waals surface area contributed by atoms with Gasteiger partial charge in [0.05, 0.1) is 16.0 Å². The van der Waals surface area contributed by atoms with Gasteiger partial charge in [0.15, 0.2) is 0 Å². The Morgan fingerprint density at radius 2 is 1.69 bits per heavy atom. The summed E-state index contributed by atoms with van der Waals surface area (Å²) < 4.78 is 22.1. The summed E-state index contributed by atoms with van der Waals surface area (Å²) in [5, 5.41) is 0. The van der Waals surface area contributed by atoms with Crippen LogP contribution in [0.4, 0.5) is 0 Å². The molecular weight excluding hydrogens is 254 g/mol. The van der Waals surface area contributed by atoms with Crippen LogP contribution in [-0.4, -0.2) is 32.2 Å². The fraction of sp³-hybridized carbons (Fsp3) is 0.111. The Bertz CT molecular complexity index is 608. The first kappa shape index (κ1) is 11.1. The van der Waals surface area contributed by atoms with E-state index in [0.717, 1.165) is 11.0 Å². The average Bonchev–Trinajstić information content (AvgIpc) is 2.43. The number of benzene rings is 1. The van der Waals surface area contributed by atoms with Crippen LogP contribution in [0, 0.1) is 0 Å². The van der Waals surface area contributed by atoms with Gasteiger partial charge in [0.25, 0.3) is 20.9 Å². The topological polar surface area (TPSA) is 71.5 Å². The molecule has 1 aromatic carbocycles. The summed E-state index contributed by atoms with van der Waals surface area (Å²) in [4.78, 5) is 23.8. The van der Waals surface area contributed by atoms with Crippen molar-refractivity contribution < 1.29 is 18.0 Å². The highest BCUT2D eigenvalue weighted by Crippen LogP contribution is 2.25. The molecule has 2 amide bonds. The largest absolute Gasteiger partial charge is 0.277 e. The Morgan fingerprint density at radius 1 is 1.12 bits per heavy atom. The Kier molecular flexibility index (Phi) is 2.28. The van der Waals surface area contributed by atoms with Gasteiger partial charge in [-0.3, -0.25) is 14.5 Å².